The number of unbranched alkanes of at least 4 members (excludes halogenated alkanes) is 38. The van der Waals surface area contributed by atoms with Crippen LogP contribution >= 0.6 is 0 Å². The van der Waals surface area contributed by atoms with Gasteiger partial charge in [0, 0.05) is 19.3 Å². The average Bonchev–Trinajstić information content (AvgIpc) is 3.43. The van der Waals surface area contributed by atoms with Crippen LogP contribution in [-0.4, -0.2) is 37.2 Å². The van der Waals surface area contributed by atoms with Crippen LogP contribution in [0, 0.1) is 0 Å². The third-order valence-electron chi connectivity index (χ3n) is 14.7. The Morgan fingerprint density at radius 3 is 0.779 bits per heavy atom. The van der Waals surface area contributed by atoms with Gasteiger partial charge in [-0.3, -0.25) is 14.4 Å². The monoisotopic (exact) mass is 1070 g/mol. The minimum Gasteiger partial charge on any atom is -0.462 e. The lowest BCUT2D eigenvalue weighted by Gasteiger charge is -2.18. The summed E-state index contributed by atoms with van der Waals surface area (Å²) in [6.07, 6.45) is 84.9. The van der Waals surface area contributed by atoms with Crippen LogP contribution < -0.4 is 0 Å². The first-order valence-corrected chi connectivity index (χ1v) is 33.4. The van der Waals surface area contributed by atoms with E-state index in [1.165, 1.54) is 205 Å². The molecule has 0 aliphatic carbocycles. The molecule has 0 aliphatic rings. The second kappa shape index (κ2) is 65.4. The summed E-state index contributed by atoms with van der Waals surface area (Å²) in [5.41, 5.74) is 0. The number of rotatable bonds is 61. The van der Waals surface area contributed by atoms with Crippen LogP contribution in [-0.2, 0) is 28.6 Å². The Labute approximate surface area is 478 Å². The first kappa shape index (κ1) is 73.8. The van der Waals surface area contributed by atoms with Crippen LogP contribution in [0.3, 0.4) is 0 Å². The molecule has 6 nitrogen and oxygen atoms in total. The van der Waals surface area contributed by atoms with Gasteiger partial charge in [0.1, 0.15) is 13.2 Å². The van der Waals surface area contributed by atoms with Crippen molar-refractivity contribution in [3.63, 3.8) is 0 Å². The normalized spacial score (nSPS) is 12.5. The van der Waals surface area contributed by atoms with Crippen LogP contribution in [0.2, 0.25) is 0 Å². The van der Waals surface area contributed by atoms with E-state index in [4.69, 9.17) is 14.2 Å². The maximum Gasteiger partial charge on any atom is 0.306 e. The highest BCUT2D eigenvalue weighted by molar-refractivity contribution is 5.71. The van der Waals surface area contributed by atoms with Crippen LogP contribution in [0.15, 0.2) is 72.9 Å². The van der Waals surface area contributed by atoms with E-state index in [1.807, 2.05) is 0 Å². The molecule has 6 heteroatoms. The molecule has 0 N–H and O–H groups in total. The highest BCUT2D eigenvalue weighted by atomic mass is 16.6. The van der Waals surface area contributed by atoms with Crippen molar-refractivity contribution in [3.8, 4) is 0 Å². The minimum atomic E-state index is -0.786. The lowest BCUT2D eigenvalue weighted by atomic mass is 10.0. The Morgan fingerprint density at radius 2 is 0.468 bits per heavy atom. The Bertz CT molecular complexity index is 1420. The van der Waals surface area contributed by atoms with Gasteiger partial charge in [0.25, 0.3) is 0 Å². The molecular weight excluding hydrogens is 949 g/mol. The van der Waals surface area contributed by atoms with Crippen LogP contribution in [0.4, 0.5) is 0 Å². The highest BCUT2D eigenvalue weighted by Gasteiger charge is 2.19. The molecule has 446 valence electrons. The zero-order chi connectivity index (χ0) is 55.7. The van der Waals surface area contributed by atoms with Gasteiger partial charge in [0.05, 0.1) is 0 Å². The molecule has 0 bridgehead atoms. The molecule has 0 radical (unpaired) electrons. The standard InChI is InChI=1S/C71H126O6/c1-4-7-10-13-16-19-22-25-27-29-31-32-33-34-35-36-37-38-40-41-43-46-49-52-55-58-61-64-70(73)76-67-68(66-75-69(72)63-60-57-54-51-48-45-24-21-18-15-12-9-6-3)77-71(74)65-62-59-56-53-50-47-44-42-39-30-28-26-23-20-17-14-11-8-5-2/h17,20-22,24-26,28-29,31,39,42,68H,4-16,18-19,23,27,30,32-38,40-41,43-67H2,1-3H3/b20-17-,24-21-,25-22-,28-26-,31-29-,42-39-. The van der Waals surface area contributed by atoms with Crippen molar-refractivity contribution in [2.45, 2.75) is 348 Å². The summed E-state index contributed by atoms with van der Waals surface area (Å²) in [5.74, 6) is -0.888. The van der Waals surface area contributed by atoms with Crippen molar-refractivity contribution in [1.29, 1.82) is 0 Å². The minimum absolute atomic E-state index is 0.0814. The fraction of sp³-hybridized carbons (Fsp3) is 0.789. The number of allylic oxidation sites excluding steroid dienone is 12. The van der Waals surface area contributed by atoms with E-state index in [9.17, 15) is 14.4 Å². The van der Waals surface area contributed by atoms with Gasteiger partial charge in [0.15, 0.2) is 6.10 Å². The molecule has 0 aromatic carbocycles. The van der Waals surface area contributed by atoms with Crippen LogP contribution in [0.5, 0.6) is 0 Å². The Balaban J connectivity index is 4.28. The number of hydrogen-bond acceptors (Lipinski definition) is 6. The Hall–Kier alpha value is -3.15. The summed E-state index contributed by atoms with van der Waals surface area (Å²) in [5, 5.41) is 0. The smallest absolute Gasteiger partial charge is 0.306 e. The largest absolute Gasteiger partial charge is 0.462 e. The molecule has 1 unspecified atom stereocenters. The van der Waals surface area contributed by atoms with Gasteiger partial charge in [-0.2, -0.15) is 0 Å². The predicted octanol–water partition coefficient (Wildman–Crippen LogP) is 22.9. The fourth-order valence-electron chi connectivity index (χ4n) is 9.59. The van der Waals surface area contributed by atoms with Gasteiger partial charge >= 0.3 is 17.9 Å². The predicted molar refractivity (Wildman–Crippen MR) is 335 cm³/mol. The van der Waals surface area contributed by atoms with Crippen molar-refractivity contribution in [3.05, 3.63) is 72.9 Å². The summed E-state index contributed by atoms with van der Waals surface area (Å²) in [6.45, 7) is 6.61. The second-order valence-electron chi connectivity index (χ2n) is 22.4. The first-order chi connectivity index (χ1) is 38.0. The quantitative estimate of drug-likeness (QED) is 0.0261. The zero-order valence-corrected chi connectivity index (χ0v) is 51.2. The van der Waals surface area contributed by atoms with Gasteiger partial charge in [-0.25, -0.2) is 0 Å². The van der Waals surface area contributed by atoms with Crippen molar-refractivity contribution in [2.75, 3.05) is 13.2 Å². The van der Waals surface area contributed by atoms with Crippen molar-refractivity contribution in [2.24, 2.45) is 0 Å². The van der Waals surface area contributed by atoms with Crippen LogP contribution in [0.25, 0.3) is 0 Å². The molecule has 77 heavy (non-hydrogen) atoms. The molecule has 0 heterocycles. The molecule has 0 saturated carbocycles. The topological polar surface area (TPSA) is 78.9 Å². The highest BCUT2D eigenvalue weighted by Crippen LogP contribution is 2.17. The van der Waals surface area contributed by atoms with Gasteiger partial charge in [-0.05, 0) is 116 Å². The van der Waals surface area contributed by atoms with E-state index in [2.05, 4.69) is 93.7 Å². The van der Waals surface area contributed by atoms with Crippen LogP contribution in [0.1, 0.15) is 342 Å². The summed E-state index contributed by atoms with van der Waals surface area (Å²) < 4.78 is 16.9. The average molecular weight is 1080 g/mol. The van der Waals surface area contributed by atoms with Gasteiger partial charge in [0.2, 0.25) is 0 Å². The summed E-state index contributed by atoms with van der Waals surface area (Å²) >= 11 is 0. The van der Waals surface area contributed by atoms with Gasteiger partial charge in [-0.15, -0.1) is 0 Å². The molecule has 0 saturated heterocycles. The number of carbonyl (C=O) groups is 3. The van der Waals surface area contributed by atoms with Crippen molar-refractivity contribution in [1.82, 2.24) is 0 Å². The SMILES string of the molecule is CCCCC/C=C\C/C=C\C/C=C\CCCCCCCCC(=O)OC(COC(=O)CCCCCCC/C=C\CCCCCC)COC(=O)CCCCCCCCCCCCCCCCC/C=C\C/C=C\CCCCCCC. The Morgan fingerprint density at radius 1 is 0.260 bits per heavy atom. The molecule has 0 amide bonds. The molecule has 0 fully saturated rings. The van der Waals surface area contributed by atoms with Crippen molar-refractivity contribution < 1.29 is 28.6 Å². The van der Waals surface area contributed by atoms with E-state index < -0.39 is 6.10 Å². The maximum atomic E-state index is 12.9. The molecule has 0 aromatic rings. The first-order valence-electron chi connectivity index (χ1n) is 33.4. The van der Waals surface area contributed by atoms with E-state index in [0.717, 1.165) is 96.3 Å². The lowest BCUT2D eigenvalue weighted by molar-refractivity contribution is -0.167. The van der Waals surface area contributed by atoms with E-state index in [0.29, 0.717) is 19.3 Å². The zero-order valence-electron chi connectivity index (χ0n) is 51.2. The van der Waals surface area contributed by atoms with Crippen molar-refractivity contribution >= 4 is 17.9 Å². The number of ether oxygens (including phenoxy) is 3. The summed E-state index contributed by atoms with van der Waals surface area (Å²) in [4.78, 5) is 38.3. The fourth-order valence-corrected chi connectivity index (χ4v) is 9.59. The summed E-state index contributed by atoms with van der Waals surface area (Å²) in [6, 6.07) is 0. The number of hydrogen-bond donors (Lipinski definition) is 0. The molecule has 0 spiro atoms. The second-order valence-corrected chi connectivity index (χ2v) is 22.4. The Kier molecular flexibility index (Phi) is 62.7. The number of carbonyl (C=O) groups excluding carboxylic acids is 3. The lowest BCUT2D eigenvalue weighted by Crippen LogP contribution is -2.30. The van der Waals surface area contributed by atoms with E-state index in [1.54, 1.807) is 0 Å². The van der Waals surface area contributed by atoms with E-state index >= 15 is 0 Å². The molecule has 0 aliphatic heterocycles. The third kappa shape index (κ3) is 63.6. The molecule has 0 aromatic heterocycles. The summed E-state index contributed by atoms with van der Waals surface area (Å²) in [7, 11) is 0. The molecule has 1 atom stereocenters. The molecule has 0 rings (SSSR count). The number of esters is 3. The maximum absolute atomic E-state index is 12.9. The van der Waals surface area contributed by atoms with Gasteiger partial charge < -0.3 is 14.2 Å². The third-order valence-corrected chi connectivity index (χ3v) is 14.7. The molecular formula is C71H126O6. The van der Waals surface area contributed by atoms with E-state index in [-0.39, 0.29) is 31.1 Å². The van der Waals surface area contributed by atoms with Gasteiger partial charge in [-0.1, -0.05) is 280 Å².